The van der Waals surface area contributed by atoms with Gasteiger partial charge in [-0.2, -0.15) is 9.61 Å². The molecular formula is C15H17N5O. The van der Waals surface area contributed by atoms with Gasteiger partial charge in [0.2, 0.25) is 0 Å². The van der Waals surface area contributed by atoms with Crippen molar-refractivity contribution in [2.24, 2.45) is 0 Å². The van der Waals surface area contributed by atoms with Gasteiger partial charge in [0.05, 0.1) is 12.3 Å². The zero-order valence-electron chi connectivity index (χ0n) is 11.8. The topological polar surface area (TPSA) is 75.3 Å². The van der Waals surface area contributed by atoms with Crippen LogP contribution in [-0.2, 0) is 6.42 Å². The minimum absolute atomic E-state index is 0.383. The number of anilines is 1. The van der Waals surface area contributed by atoms with Crippen molar-refractivity contribution in [2.75, 3.05) is 11.9 Å². The second-order valence-corrected chi connectivity index (χ2v) is 4.77. The molecule has 0 saturated heterocycles. The van der Waals surface area contributed by atoms with E-state index in [1.54, 1.807) is 23.1 Å². The Morgan fingerprint density at radius 1 is 1.33 bits per heavy atom. The van der Waals surface area contributed by atoms with Gasteiger partial charge in [-0.15, -0.1) is 0 Å². The second kappa shape index (κ2) is 5.88. The third-order valence-corrected chi connectivity index (χ3v) is 3.32. The van der Waals surface area contributed by atoms with Gasteiger partial charge in [-0.05, 0) is 12.5 Å². The molecule has 1 atom stereocenters. The molecule has 108 valence electrons. The van der Waals surface area contributed by atoms with E-state index in [0.717, 1.165) is 29.1 Å². The lowest BCUT2D eigenvalue weighted by Crippen LogP contribution is -2.15. The van der Waals surface area contributed by atoms with Gasteiger partial charge in [0.1, 0.15) is 5.82 Å². The van der Waals surface area contributed by atoms with E-state index in [-0.39, 0.29) is 0 Å². The highest BCUT2D eigenvalue weighted by Gasteiger charge is 2.10. The number of hydrogen-bond acceptors (Lipinski definition) is 5. The average Bonchev–Trinajstić information content (AvgIpc) is 3.01. The molecule has 0 aliphatic carbocycles. The fourth-order valence-electron chi connectivity index (χ4n) is 2.16. The quantitative estimate of drug-likeness (QED) is 0.747. The molecule has 0 spiro atoms. The van der Waals surface area contributed by atoms with Gasteiger partial charge in [-0.1, -0.05) is 13.0 Å². The number of pyridine rings is 1. The highest BCUT2D eigenvalue weighted by Crippen LogP contribution is 2.16. The first-order valence-corrected chi connectivity index (χ1v) is 6.93. The van der Waals surface area contributed by atoms with Crippen LogP contribution in [0.5, 0.6) is 0 Å². The lowest BCUT2D eigenvalue weighted by molar-refractivity contribution is 0.191. The molecule has 3 rings (SSSR count). The van der Waals surface area contributed by atoms with Crippen LogP contribution < -0.4 is 5.32 Å². The van der Waals surface area contributed by atoms with E-state index in [9.17, 15) is 5.11 Å². The van der Waals surface area contributed by atoms with Gasteiger partial charge < -0.3 is 10.4 Å². The van der Waals surface area contributed by atoms with Gasteiger partial charge in [0.15, 0.2) is 5.65 Å². The van der Waals surface area contributed by atoms with Crippen LogP contribution in [0.15, 0.2) is 42.9 Å². The Kier molecular flexibility index (Phi) is 3.79. The Hall–Kier alpha value is -2.47. The maximum Gasteiger partial charge on any atom is 0.157 e. The molecule has 3 aromatic heterocycles. The summed E-state index contributed by atoms with van der Waals surface area (Å²) in [7, 11) is 0. The number of aliphatic hydroxyl groups is 1. The predicted molar refractivity (Wildman–Crippen MR) is 80.1 cm³/mol. The third kappa shape index (κ3) is 2.85. The Morgan fingerprint density at radius 3 is 3.00 bits per heavy atom. The molecule has 3 heterocycles. The van der Waals surface area contributed by atoms with E-state index in [1.165, 1.54) is 0 Å². The van der Waals surface area contributed by atoms with E-state index < -0.39 is 6.10 Å². The molecule has 3 aromatic rings. The van der Waals surface area contributed by atoms with Crippen molar-refractivity contribution in [2.45, 2.75) is 19.4 Å². The van der Waals surface area contributed by atoms with Gasteiger partial charge in [0.25, 0.3) is 0 Å². The van der Waals surface area contributed by atoms with E-state index >= 15 is 0 Å². The number of aliphatic hydroxyl groups excluding tert-OH is 1. The molecule has 0 aliphatic heterocycles. The van der Waals surface area contributed by atoms with Crippen LogP contribution in [0.25, 0.3) is 5.65 Å². The fraction of sp³-hybridized carbons (Fsp3) is 0.267. The minimum Gasteiger partial charge on any atom is -0.387 e. The van der Waals surface area contributed by atoms with Crippen molar-refractivity contribution >= 4 is 11.5 Å². The summed E-state index contributed by atoms with van der Waals surface area (Å²) < 4.78 is 1.73. The Balaban J connectivity index is 1.80. The maximum absolute atomic E-state index is 10.2. The van der Waals surface area contributed by atoms with Gasteiger partial charge >= 0.3 is 0 Å². The third-order valence-electron chi connectivity index (χ3n) is 3.32. The number of nitrogens with zero attached hydrogens (tertiary/aromatic N) is 4. The fourth-order valence-corrected chi connectivity index (χ4v) is 2.16. The molecule has 0 radical (unpaired) electrons. The number of aryl methyl sites for hydroxylation is 1. The van der Waals surface area contributed by atoms with Crippen LogP contribution in [0.1, 0.15) is 24.3 Å². The monoisotopic (exact) mass is 283 g/mol. The highest BCUT2D eigenvalue weighted by molar-refractivity contribution is 5.49. The summed E-state index contributed by atoms with van der Waals surface area (Å²) >= 11 is 0. The largest absolute Gasteiger partial charge is 0.387 e. The first-order chi connectivity index (χ1) is 10.3. The zero-order chi connectivity index (χ0) is 14.7. The van der Waals surface area contributed by atoms with Crippen LogP contribution in [0.4, 0.5) is 5.82 Å². The number of fused-ring (bicyclic) bond motifs is 1. The molecule has 2 N–H and O–H groups in total. The summed E-state index contributed by atoms with van der Waals surface area (Å²) in [6.07, 6.45) is 5.29. The standard InChI is InChI=1S/C15H17N5O/c1-2-12-8-15(20-14(19-12)5-7-18-20)17-10-13(21)11-4-3-6-16-9-11/h3-9,13,17,21H,2,10H2,1H3/t13-/m1/s1. The van der Waals surface area contributed by atoms with Crippen LogP contribution in [0, 0.1) is 0 Å². The molecule has 0 amide bonds. The summed E-state index contributed by atoms with van der Waals surface area (Å²) in [5.41, 5.74) is 2.57. The SMILES string of the molecule is CCc1cc(NC[C@@H](O)c2cccnc2)n2nccc2n1. The van der Waals surface area contributed by atoms with E-state index in [2.05, 4.69) is 27.3 Å². The first-order valence-electron chi connectivity index (χ1n) is 6.93. The summed E-state index contributed by atoms with van der Waals surface area (Å²) in [6, 6.07) is 7.48. The van der Waals surface area contributed by atoms with Crippen LogP contribution in [0.2, 0.25) is 0 Å². The maximum atomic E-state index is 10.2. The highest BCUT2D eigenvalue weighted by atomic mass is 16.3. The van der Waals surface area contributed by atoms with Crippen molar-refractivity contribution in [3.8, 4) is 0 Å². The Labute approximate surface area is 122 Å². The predicted octanol–water partition coefficient (Wildman–Crippen LogP) is 1.83. The molecule has 6 nitrogen and oxygen atoms in total. The lowest BCUT2D eigenvalue weighted by atomic mass is 10.1. The molecule has 0 aliphatic rings. The molecule has 6 heteroatoms. The molecule has 0 bridgehead atoms. The average molecular weight is 283 g/mol. The Morgan fingerprint density at radius 2 is 2.24 bits per heavy atom. The molecule has 0 unspecified atom stereocenters. The summed E-state index contributed by atoms with van der Waals surface area (Å²) in [6.45, 7) is 2.44. The number of aromatic nitrogens is 4. The van der Waals surface area contributed by atoms with Crippen molar-refractivity contribution in [3.63, 3.8) is 0 Å². The van der Waals surface area contributed by atoms with Gasteiger partial charge in [-0.3, -0.25) is 4.98 Å². The molecular weight excluding hydrogens is 266 g/mol. The smallest absolute Gasteiger partial charge is 0.157 e. The first kappa shape index (κ1) is 13.5. The molecule has 21 heavy (non-hydrogen) atoms. The normalized spacial score (nSPS) is 12.5. The molecule has 0 saturated carbocycles. The second-order valence-electron chi connectivity index (χ2n) is 4.77. The van der Waals surface area contributed by atoms with E-state index in [0.29, 0.717) is 6.54 Å². The number of hydrogen-bond donors (Lipinski definition) is 2. The number of rotatable bonds is 5. The van der Waals surface area contributed by atoms with Gasteiger partial charge in [0, 0.05) is 42.3 Å². The molecule has 0 fully saturated rings. The molecule has 0 aromatic carbocycles. The van der Waals surface area contributed by atoms with Crippen molar-refractivity contribution < 1.29 is 5.11 Å². The van der Waals surface area contributed by atoms with Crippen LogP contribution in [0.3, 0.4) is 0 Å². The van der Waals surface area contributed by atoms with Gasteiger partial charge in [-0.25, -0.2) is 4.98 Å². The van der Waals surface area contributed by atoms with E-state index in [1.807, 2.05) is 24.3 Å². The van der Waals surface area contributed by atoms with Crippen LogP contribution >= 0.6 is 0 Å². The van der Waals surface area contributed by atoms with E-state index in [4.69, 9.17) is 0 Å². The number of nitrogens with one attached hydrogen (secondary N) is 1. The van der Waals surface area contributed by atoms with Crippen molar-refractivity contribution in [1.29, 1.82) is 0 Å². The zero-order valence-corrected chi connectivity index (χ0v) is 11.8. The lowest BCUT2D eigenvalue weighted by Gasteiger charge is -2.14. The summed E-state index contributed by atoms with van der Waals surface area (Å²) in [5, 5.41) is 17.7. The Bertz CT molecular complexity index is 725. The summed E-state index contributed by atoms with van der Waals surface area (Å²) in [5.74, 6) is 0.824. The van der Waals surface area contributed by atoms with Crippen molar-refractivity contribution in [1.82, 2.24) is 19.6 Å². The van der Waals surface area contributed by atoms with Crippen LogP contribution in [-0.4, -0.2) is 31.2 Å². The van der Waals surface area contributed by atoms with Crippen molar-refractivity contribution in [3.05, 3.63) is 54.1 Å². The minimum atomic E-state index is -0.623. The summed E-state index contributed by atoms with van der Waals surface area (Å²) in [4.78, 5) is 8.50.